The minimum Gasteiger partial charge on any atom is -0.411 e. The predicted octanol–water partition coefficient (Wildman–Crippen LogP) is 1.33. The Balaban J connectivity index is 3.66. The van der Waals surface area contributed by atoms with Crippen LogP contribution in [0.25, 0.3) is 0 Å². The Morgan fingerprint density at radius 2 is 2.00 bits per heavy atom. The van der Waals surface area contributed by atoms with Crippen LogP contribution in [0.5, 0.6) is 0 Å². The monoisotopic (exact) mass is 201 g/mol. The Bertz CT molecular complexity index is 178. The molecule has 0 amide bonds. The average Bonchev–Trinajstić information content (AvgIpc) is 2.16. The standard InChI is InChI=1S/C10H23N3O/c1-9(13-14)10(2,3)12-8-6-4-5-7-11/h12,14H,4-8,11H2,1-3H3. The summed E-state index contributed by atoms with van der Waals surface area (Å²) in [7, 11) is 0. The topological polar surface area (TPSA) is 70.6 Å². The molecule has 0 aromatic rings. The van der Waals surface area contributed by atoms with Gasteiger partial charge in [0.2, 0.25) is 0 Å². The number of nitrogens with one attached hydrogen (secondary N) is 1. The van der Waals surface area contributed by atoms with Crippen molar-refractivity contribution < 1.29 is 5.21 Å². The highest BCUT2D eigenvalue weighted by Crippen LogP contribution is 2.05. The van der Waals surface area contributed by atoms with Gasteiger partial charge in [0.1, 0.15) is 0 Å². The van der Waals surface area contributed by atoms with Crippen molar-refractivity contribution in [2.24, 2.45) is 10.9 Å². The third kappa shape index (κ3) is 5.19. The molecule has 0 atom stereocenters. The van der Waals surface area contributed by atoms with Crippen molar-refractivity contribution in [3.8, 4) is 0 Å². The third-order valence-electron chi connectivity index (χ3n) is 2.50. The summed E-state index contributed by atoms with van der Waals surface area (Å²) in [5.74, 6) is 0. The van der Waals surface area contributed by atoms with Gasteiger partial charge >= 0.3 is 0 Å². The second-order valence-electron chi connectivity index (χ2n) is 4.09. The van der Waals surface area contributed by atoms with Gasteiger partial charge in [-0.15, -0.1) is 0 Å². The number of nitrogens with zero attached hydrogens (tertiary/aromatic N) is 1. The fourth-order valence-corrected chi connectivity index (χ4v) is 1.10. The molecule has 0 bridgehead atoms. The maximum absolute atomic E-state index is 8.64. The molecule has 0 aliphatic rings. The van der Waals surface area contributed by atoms with Crippen molar-refractivity contribution in [1.29, 1.82) is 0 Å². The maximum Gasteiger partial charge on any atom is 0.0734 e. The smallest absolute Gasteiger partial charge is 0.0734 e. The van der Waals surface area contributed by atoms with Crippen molar-refractivity contribution in [2.45, 2.75) is 45.6 Å². The summed E-state index contributed by atoms with van der Waals surface area (Å²) in [4.78, 5) is 0. The zero-order valence-corrected chi connectivity index (χ0v) is 9.51. The number of unbranched alkanes of at least 4 members (excludes halogenated alkanes) is 2. The Morgan fingerprint density at radius 3 is 2.50 bits per heavy atom. The molecule has 4 N–H and O–H groups in total. The molecule has 14 heavy (non-hydrogen) atoms. The Morgan fingerprint density at radius 1 is 1.36 bits per heavy atom. The first kappa shape index (κ1) is 13.4. The van der Waals surface area contributed by atoms with Crippen LogP contribution in [-0.4, -0.2) is 29.5 Å². The lowest BCUT2D eigenvalue weighted by Gasteiger charge is -2.25. The van der Waals surface area contributed by atoms with E-state index in [2.05, 4.69) is 10.5 Å². The van der Waals surface area contributed by atoms with E-state index in [1.54, 1.807) is 0 Å². The zero-order chi connectivity index (χ0) is 11.0. The SMILES string of the molecule is CC(=NO)C(C)(C)NCCCCCN. The fourth-order valence-electron chi connectivity index (χ4n) is 1.10. The van der Waals surface area contributed by atoms with Crippen LogP contribution < -0.4 is 11.1 Å². The van der Waals surface area contributed by atoms with Crippen molar-refractivity contribution in [3.63, 3.8) is 0 Å². The van der Waals surface area contributed by atoms with Crippen LogP contribution in [0.3, 0.4) is 0 Å². The molecule has 0 spiro atoms. The molecule has 0 rings (SSSR count). The first-order valence-corrected chi connectivity index (χ1v) is 5.19. The van der Waals surface area contributed by atoms with Gasteiger partial charge in [0.15, 0.2) is 0 Å². The molecular weight excluding hydrogens is 178 g/mol. The molecule has 84 valence electrons. The van der Waals surface area contributed by atoms with Gasteiger partial charge in [0.05, 0.1) is 11.3 Å². The fraction of sp³-hybridized carbons (Fsp3) is 0.900. The van der Waals surface area contributed by atoms with E-state index < -0.39 is 0 Å². The van der Waals surface area contributed by atoms with Crippen LogP contribution >= 0.6 is 0 Å². The quantitative estimate of drug-likeness (QED) is 0.252. The van der Waals surface area contributed by atoms with Crippen molar-refractivity contribution in [3.05, 3.63) is 0 Å². The van der Waals surface area contributed by atoms with Crippen LogP contribution in [0.4, 0.5) is 0 Å². The number of nitrogens with two attached hydrogens (primary N) is 1. The van der Waals surface area contributed by atoms with Gasteiger partial charge in [-0.3, -0.25) is 0 Å². The Labute approximate surface area is 86.6 Å². The lowest BCUT2D eigenvalue weighted by molar-refractivity contribution is 0.310. The average molecular weight is 201 g/mol. The number of oxime groups is 1. The lowest BCUT2D eigenvalue weighted by Crippen LogP contribution is -2.46. The number of hydrogen-bond donors (Lipinski definition) is 3. The molecule has 0 radical (unpaired) electrons. The van der Waals surface area contributed by atoms with Crippen molar-refractivity contribution in [1.82, 2.24) is 5.32 Å². The molecule has 0 aliphatic heterocycles. The highest BCUT2D eigenvalue weighted by molar-refractivity contribution is 5.90. The highest BCUT2D eigenvalue weighted by atomic mass is 16.4. The summed E-state index contributed by atoms with van der Waals surface area (Å²) in [6, 6.07) is 0. The molecular formula is C10H23N3O. The Kier molecular flexibility index (Phi) is 6.49. The molecule has 0 saturated carbocycles. The van der Waals surface area contributed by atoms with Gasteiger partial charge in [0, 0.05) is 0 Å². The van der Waals surface area contributed by atoms with E-state index in [4.69, 9.17) is 10.9 Å². The largest absolute Gasteiger partial charge is 0.411 e. The second kappa shape index (κ2) is 6.79. The minimum absolute atomic E-state index is 0.225. The summed E-state index contributed by atoms with van der Waals surface area (Å²) in [6.45, 7) is 7.52. The molecule has 0 unspecified atom stereocenters. The predicted molar refractivity (Wildman–Crippen MR) is 59.9 cm³/mol. The van der Waals surface area contributed by atoms with Crippen LogP contribution in [0.15, 0.2) is 5.16 Å². The molecule has 4 nitrogen and oxygen atoms in total. The van der Waals surface area contributed by atoms with Crippen LogP contribution in [0.2, 0.25) is 0 Å². The molecule has 0 aromatic carbocycles. The summed E-state index contributed by atoms with van der Waals surface area (Å²) in [5.41, 5.74) is 5.87. The van der Waals surface area contributed by atoms with Crippen LogP contribution in [0.1, 0.15) is 40.0 Å². The van der Waals surface area contributed by atoms with E-state index in [-0.39, 0.29) is 5.54 Å². The number of rotatable bonds is 7. The van der Waals surface area contributed by atoms with Gasteiger partial charge in [-0.05, 0) is 46.7 Å². The second-order valence-corrected chi connectivity index (χ2v) is 4.09. The molecule has 0 aromatic heterocycles. The van der Waals surface area contributed by atoms with Crippen molar-refractivity contribution >= 4 is 5.71 Å². The van der Waals surface area contributed by atoms with Crippen molar-refractivity contribution in [2.75, 3.05) is 13.1 Å². The van der Waals surface area contributed by atoms with Gasteiger partial charge < -0.3 is 16.3 Å². The Hall–Kier alpha value is -0.610. The highest BCUT2D eigenvalue weighted by Gasteiger charge is 2.20. The van der Waals surface area contributed by atoms with E-state index in [0.717, 1.165) is 32.4 Å². The van der Waals surface area contributed by atoms with E-state index in [1.165, 1.54) is 0 Å². The van der Waals surface area contributed by atoms with Gasteiger partial charge in [0.25, 0.3) is 0 Å². The first-order chi connectivity index (χ1) is 6.54. The van der Waals surface area contributed by atoms with Gasteiger partial charge in [-0.2, -0.15) is 0 Å². The zero-order valence-electron chi connectivity index (χ0n) is 9.51. The van der Waals surface area contributed by atoms with Crippen LogP contribution in [0, 0.1) is 0 Å². The maximum atomic E-state index is 8.64. The van der Waals surface area contributed by atoms with E-state index in [9.17, 15) is 0 Å². The third-order valence-corrected chi connectivity index (χ3v) is 2.50. The molecule has 0 aliphatic carbocycles. The van der Waals surface area contributed by atoms with E-state index in [0.29, 0.717) is 5.71 Å². The molecule has 0 saturated heterocycles. The molecule has 0 heterocycles. The normalized spacial score (nSPS) is 13.3. The summed E-state index contributed by atoms with van der Waals surface area (Å²) in [5, 5.41) is 15.2. The summed E-state index contributed by atoms with van der Waals surface area (Å²) in [6.07, 6.45) is 3.34. The number of hydrogen-bond acceptors (Lipinski definition) is 4. The first-order valence-electron chi connectivity index (χ1n) is 5.19. The lowest BCUT2D eigenvalue weighted by atomic mass is 9.99. The molecule has 4 heteroatoms. The van der Waals surface area contributed by atoms with Gasteiger partial charge in [-0.1, -0.05) is 11.6 Å². The van der Waals surface area contributed by atoms with E-state index >= 15 is 0 Å². The van der Waals surface area contributed by atoms with E-state index in [1.807, 2.05) is 20.8 Å². The van der Waals surface area contributed by atoms with Gasteiger partial charge in [-0.25, -0.2) is 0 Å². The minimum atomic E-state index is -0.225. The summed E-state index contributed by atoms with van der Waals surface area (Å²) < 4.78 is 0. The summed E-state index contributed by atoms with van der Waals surface area (Å²) >= 11 is 0. The molecule has 0 fully saturated rings. The van der Waals surface area contributed by atoms with Crippen LogP contribution in [-0.2, 0) is 0 Å².